The molecule has 14 heteroatoms. The van der Waals surface area contributed by atoms with Crippen LogP contribution >= 0.6 is 22.9 Å². The van der Waals surface area contributed by atoms with Crippen molar-refractivity contribution < 1.29 is 36.7 Å². The van der Waals surface area contributed by atoms with Gasteiger partial charge >= 0.3 is 5.97 Å². The van der Waals surface area contributed by atoms with Gasteiger partial charge in [0.25, 0.3) is 21.8 Å². The molecule has 2 heterocycles. The Kier molecular flexibility index (Phi) is 8.88. The standard InChI is InChI=1S/C26H24ClF2N3O6S2/c1-15-4-2-5-16(10-15)20(14-22(33)34)30-24(35)25-31(26(36)17-11-18(28)13-19(29)12-17)8-3-9-32(25)40(37,38)23-7-6-21(27)39-23/h2,4-7,10-13,20,25H,3,8-9,14H2,1H3,(H,30,35)(H,33,34). The van der Waals surface area contributed by atoms with Crippen LogP contribution in [0.4, 0.5) is 8.78 Å². The second-order valence-corrected chi connectivity index (χ2v) is 13.0. The van der Waals surface area contributed by atoms with Crippen LogP contribution in [0, 0.1) is 18.6 Å². The van der Waals surface area contributed by atoms with E-state index in [1.165, 1.54) is 12.1 Å². The topological polar surface area (TPSA) is 124 Å². The molecule has 2 N–H and O–H groups in total. The van der Waals surface area contributed by atoms with Crippen LogP contribution in [0.1, 0.15) is 40.4 Å². The maximum absolute atomic E-state index is 14.0. The first-order valence-electron chi connectivity index (χ1n) is 12.0. The number of aliphatic carboxylic acids is 1. The second-order valence-electron chi connectivity index (χ2n) is 9.13. The number of aryl methyl sites for hydroxylation is 1. The highest BCUT2D eigenvalue weighted by Crippen LogP contribution is 2.32. The van der Waals surface area contributed by atoms with Gasteiger partial charge in [0.05, 0.1) is 16.8 Å². The number of rotatable bonds is 8. The van der Waals surface area contributed by atoms with Crippen molar-refractivity contribution in [3.05, 3.63) is 87.3 Å². The minimum absolute atomic E-state index is 0.111. The Morgan fingerprint density at radius 2 is 1.80 bits per heavy atom. The molecule has 1 aromatic heterocycles. The Labute approximate surface area is 238 Å². The Balaban J connectivity index is 1.78. The molecule has 2 amide bonds. The van der Waals surface area contributed by atoms with Gasteiger partial charge in [-0.2, -0.15) is 4.31 Å². The van der Waals surface area contributed by atoms with Crippen molar-refractivity contribution in [2.45, 2.75) is 36.2 Å². The third-order valence-corrected chi connectivity index (χ3v) is 9.75. The van der Waals surface area contributed by atoms with Crippen LogP contribution in [0.25, 0.3) is 0 Å². The molecule has 0 aliphatic carbocycles. The van der Waals surface area contributed by atoms with Crippen LogP contribution < -0.4 is 5.32 Å². The summed E-state index contributed by atoms with van der Waals surface area (Å²) >= 11 is 6.71. The van der Waals surface area contributed by atoms with Crippen molar-refractivity contribution in [3.8, 4) is 0 Å². The number of amides is 2. The molecule has 40 heavy (non-hydrogen) atoms. The van der Waals surface area contributed by atoms with E-state index in [2.05, 4.69) is 5.32 Å². The van der Waals surface area contributed by atoms with E-state index in [4.69, 9.17) is 11.6 Å². The van der Waals surface area contributed by atoms with Gasteiger partial charge in [-0.25, -0.2) is 17.2 Å². The van der Waals surface area contributed by atoms with Gasteiger partial charge in [-0.05, 0) is 43.2 Å². The molecule has 1 saturated heterocycles. The fourth-order valence-corrected chi connectivity index (χ4v) is 7.69. The van der Waals surface area contributed by atoms with Gasteiger partial charge < -0.3 is 15.3 Å². The number of sulfonamides is 1. The van der Waals surface area contributed by atoms with Gasteiger partial charge in [0.15, 0.2) is 6.17 Å². The predicted octanol–water partition coefficient (Wildman–Crippen LogP) is 4.18. The summed E-state index contributed by atoms with van der Waals surface area (Å²) in [5.41, 5.74) is 0.828. The molecule has 0 bridgehead atoms. The van der Waals surface area contributed by atoms with E-state index in [1.807, 2.05) is 0 Å². The minimum atomic E-state index is -4.38. The smallest absolute Gasteiger partial charge is 0.305 e. The van der Waals surface area contributed by atoms with Crippen molar-refractivity contribution in [2.24, 2.45) is 0 Å². The number of hydrogen-bond donors (Lipinski definition) is 2. The van der Waals surface area contributed by atoms with Crippen LogP contribution in [0.3, 0.4) is 0 Å². The van der Waals surface area contributed by atoms with Crippen molar-refractivity contribution >= 4 is 50.7 Å². The zero-order valence-corrected chi connectivity index (χ0v) is 23.4. The lowest BCUT2D eigenvalue weighted by Crippen LogP contribution is -2.63. The summed E-state index contributed by atoms with van der Waals surface area (Å²) in [6.07, 6.45) is -2.21. The van der Waals surface area contributed by atoms with Crippen molar-refractivity contribution in [1.82, 2.24) is 14.5 Å². The molecule has 0 radical (unpaired) electrons. The van der Waals surface area contributed by atoms with Gasteiger partial charge in [-0.3, -0.25) is 14.4 Å². The number of nitrogens with zero attached hydrogens (tertiary/aromatic N) is 2. The van der Waals surface area contributed by atoms with E-state index < -0.39 is 63.6 Å². The normalized spacial score (nSPS) is 16.9. The zero-order valence-electron chi connectivity index (χ0n) is 21.0. The molecular weight excluding hydrogens is 588 g/mol. The van der Waals surface area contributed by atoms with Crippen LogP contribution in [-0.4, -0.2) is 59.8 Å². The first kappa shape index (κ1) is 29.6. The quantitative estimate of drug-likeness (QED) is 0.394. The SMILES string of the molecule is Cc1cccc(C(CC(=O)O)NC(=O)C2N(C(=O)c3cc(F)cc(F)c3)CCCN2S(=O)(=O)c2ccc(Cl)s2)c1. The number of halogens is 3. The number of hydrogen-bond acceptors (Lipinski definition) is 6. The van der Waals surface area contributed by atoms with E-state index in [0.29, 0.717) is 11.6 Å². The largest absolute Gasteiger partial charge is 0.481 e. The summed E-state index contributed by atoms with van der Waals surface area (Å²) in [6.45, 7) is 1.51. The highest BCUT2D eigenvalue weighted by Gasteiger charge is 2.45. The maximum Gasteiger partial charge on any atom is 0.305 e. The van der Waals surface area contributed by atoms with Crippen LogP contribution in [0.5, 0.6) is 0 Å². The molecular formula is C26H24ClF2N3O6S2. The van der Waals surface area contributed by atoms with E-state index >= 15 is 0 Å². The number of benzene rings is 2. The molecule has 3 aromatic rings. The van der Waals surface area contributed by atoms with E-state index in [1.54, 1.807) is 31.2 Å². The molecule has 2 aromatic carbocycles. The number of nitrogens with one attached hydrogen (secondary N) is 1. The van der Waals surface area contributed by atoms with Gasteiger partial charge in [0.1, 0.15) is 15.8 Å². The molecule has 0 saturated carbocycles. The Bertz CT molecular complexity index is 1540. The third kappa shape index (κ3) is 6.49. The van der Waals surface area contributed by atoms with Gasteiger partial charge in [0, 0.05) is 24.7 Å². The first-order valence-corrected chi connectivity index (χ1v) is 14.6. The number of carboxylic acids is 1. The molecule has 212 valence electrons. The minimum Gasteiger partial charge on any atom is -0.481 e. The number of carboxylic acid groups (broad SMARTS) is 1. The summed E-state index contributed by atoms with van der Waals surface area (Å²) in [5, 5.41) is 12.1. The van der Waals surface area contributed by atoms with Crippen molar-refractivity contribution in [2.75, 3.05) is 13.1 Å². The number of carbonyl (C=O) groups is 3. The molecule has 4 rings (SSSR count). The third-order valence-electron chi connectivity index (χ3n) is 6.20. The fraction of sp³-hybridized carbons (Fsp3) is 0.269. The van der Waals surface area contributed by atoms with Crippen LogP contribution in [-0.2, 0) is 19.6 Å². The number of thiophene rings is 1. The van der Waals surface area contributed by atoms with E-state index in [9.17, 15) is 36.7 Å². The lowest BCUT2D eigenvalue weighted by molar-refractivity contribution is -0.138. The van der Waals surface area contributed by atoms with Crippen molar-refractivity contribution in [1.29, 1.82) is 0 Å². The van der Waals surface area contributed by atoms with Gasteiger partial charge in [0.2, 0.25) is 0 Å². The highest BCUT2D eigenvalue weighted by atomic mass is 35.5. The molecule has 9 nitrogen and oxygen atoms in total. The van der Waals surface area contributed by atoms with Crippen LogP contribution in [0.15, 0.2) is 58.8 Å². The van der Waals surface area contributed by atoms with E-state index in [-0.39, 0.29) is 28.1 Å². The summed E-state index contributed by atoms with van der Waals surface area (Å²) in [6, 6.07) is 10.5. The fourth-order valence-electron chi connectivity index (χ4n) is 4.49. The summed E-state index contributed by atoms with van der Waals surface area (Å²) in [7, 11) is -4.38. The Hall–Kier alpha value is -3.39. The maximum atomic E-state index is 14.0. The monoisotopic (exact) mass is 611 g/mol. The number of carbonyl (C=O) groups excluding carboxylic acids is 2. The molecule has 2 atom stereocenters. The lowest BCUT2D eigenvalue weighted by Gasteiger charge is -2.42. The Morgan fingerprint density at radius 3 is 2.40 bits per heavy atom. The average molecular weight is 612 g/mol. The summed E-state index contributed by atoms with van der Waals surface area (Å²) in [5.74, 6) is -5.24. The average Bonchev–Trinajstić information content (AvgIpc) is 3.33. The zero-order chi connectivity index (χ0) is 29.2. The lowest BCUT2D eigenvalue weighted by atomic mass is 10.0. The highest BCUT2D eigenvalue weighted by molar-refractivity contribution is 7.91. The van der Waals surface area contributed by atoms with Crippen molar-refractivity contribution in [3.63, 3.8) is 0 Å². The summed E-state index contributed by atoms with van der Waals surface area (Å²) < 4.78 is 56.0. The van der Waals surface area contributed by atoms with E-state index in [0.717, 1.165) is 38.2 Å². The molecule has 1 aliphatic heterocycles. The summed E-state index contributed by atoms with van der Waals surface area (Å²) in [4.78, 5) is 39.9. The molecule has 2 unspecified atom stereocenters. The molecule has 1 aliphatic rings. The predicted molar refractivity (Wildman–Crippen MR) is 143 cm³/mol. The van der Waals surface area contributed by atoms with Crippen LogP contribution in [0.2, 0.25) is 4.34 Å². The van der Waals surface area contributed by atoms with Gasteiger partial charge in [-0.15, -0.1) is 11.3 Å². The molecule has 1 fully saturated rings. The Morgan fingerprint density at radius 1 is 1.10 bits per heavy atom. The second kappa shape index (κ2) is 12.0. The molecule has 0 spiro atoms. The van der Waals surface area contributed by atoms with Gasteiger partial charge in [-0.1, -0.05) is 41.4 Å². The first-order chi connectivity index (χ1) is 18.9.